The van der Waals surface area contributed by atoms with E-state index < -0.39 is 11.6 Å². The molecule has 1 heterocycles. The number of hydrogen-bond donors (Lipinski definition) is 1. The number of nitrogens with one attached hydrogen (secondary N) is 1. The van der Waals surface area contributed by atoms with E-state index in [1.54, 1.807) is 0 Å². The van der Waals surface area contributed by atoms with Crippen LogP contribution in [0.3, 0.4) is 0 Å². The van der Waals surface area contributed by atoms with Gasteiger partial charge in [-0.15, -0.1) is 10.2 Å². The first-order valence-electron chi connectivity index (χ1n) is 4.63. The molecule has 0 atom stereocenters. The second-order valence-electron chi connectivity index (χ2n) is 3.23. The predicted molar refractivity (Wildman–Crippen MR) is 58.3 cm³/mol. The van der Waals surface area contributed by atoms with Crippen molar-refractivity contribution in [3.8, 4) is 0 Å². The third-order valence-electron chi connectivity index (χ3n) is 1.95. The molecule has 0 saturated carbocycles. The molecule has 0 aliphatic carbocycles. The average Bonchev–Trinajstić information content (AvgIpc) is 2.66. The summed E-state index contributed by atoms with van der Waals surface area (Å²) in [6, 6.07) is 3.80. The zero-order chi connectivity index (χ0) is 11.5. The first-order valence-corrected chi connectivity index (χ1v) is 5.45. The molecular formula is C10H9F2N3S. The lowest BCUT2D eigenvalue weighted by Crippen LogP contribution is -2.00. The van der Waals surface area contributed by atoms with Crippen LogP contribution in [0.25, 0.3) is 0 Å². The molecule has 1 aromatic heterocycles. The van der Waals surface area contributed by atoms with Crippen LogP contribution in [0.15, 0.2) is 18.2 Å². The van der Waals surface area contributed by atoms with Crippen molar-refractivity contribution in [2.45, 2.75) is 13.5 Å². The van der Waals surface area contributed by atoms with Crippen molar-refractivity contribution in [1.29, 1.82) is 0 Å². The molecule has 1 N–H and O–H groups in total. The quantitative estimate of drug-likeness (QED) is 0.897. The highest BCUT2D eigenvalue weighted by molar-refractivity contribution is 7.15. The van der Waals surface area contributed by atoms with Gasteiger partial charge in [0.25, 0.3) is 0 Å². The van der Waals surface area contributed by atoms with E-state index in [-0.39, 0.29) is 0 Å². The van der Waals surface area contributed by atoms with E-state index in [4.69, 9.17) is 0 Å². The maximum atomic E-state index is 12.9. The van der Waals surface area contributed by atoms with Crippen LogP contribution in [0, 0.1) is 18.6 Å². The van der Waals surface area contributed by atoms with Crippen molar-refractivity contribution in [2.24, 2.45) is 0 Å². The predicted octanol–water partition coefficient (Wildman–Crippen LogP) is 2.74. The second-order valence-corrected chi connectivity index (χ2v) is 4.41. The lowest BCUT2D eigenvalue weighted by atomic mass is 10.2. The molecule has 3 nitrogen and oxygen atoms in total. The molecule has 0 fully saturated rings. The number of anilines is 1. The van der Waals surface area contributed by atoms with Crippen LogP contribution >= 0.6 is 11.3 Å². The van der Waals surface area contributed by atoms with Gasteiger partial charge in [0.1, 0.15) is 5.01 Å². The van der Waals surface area contributed by atoms with Crippen molar-refractivity contribution in [1.82, 2.24) is 10.2 Å². The van der Waals surface area contributed by atoms with E-state index in [1.807, 2.05) is 6.92 Å². The monoisotopic (exact) mass is 241 g/mol. The molecule has 0 aliphatic heterocycles. The maximum Gasteiger partial charge on any atom is 0.205 e. The van der Waals surface area contributed by atoms with E-state index in [0.29, 0.717) is 17.2 Å². The van der Waals surface area contributed by atoms with Crippen molar-refractivity contribution in [3.63, 3.8) is 0 Å². The molecule has 0 unspecified atom stereocenters. The van der Waals surface area contributed by atoms with Crippen molar-refractivity contribution in [2.75, 3.05) is 5.32 Å². The zero-order valence-electron chi connectivity index (χ0n) is 8.50. The molecule has 6 heteroatoms. The fourth-order valence-electron chi connectivity index (χ4n) is 1.20. The summed E-state index contributed by atoms with van der Waals surface area (Å²) in [6.45, 7) is 2.24. The van der Waals surface area contributed by atoms with Crippen LogP contribution in [-0.4, -0.2) is 10.2 Å². The summed E-state index contributed by atoms with van der Waals surface area (Å²) in [5.41, 5.74) is 0.659. The SMILES string of the molecule is Cc1nnc(NCc2ccc(F)c(F)c2)s1. The highest BCUT2D eigenvalue weighted by atomic mass is 32.1. The van der Waals surface area contributed by atoms with Crippen LogP contribution in [0.2, 0.25) is 0 Å². The van der Waals surface area contributed by atoms with Gasteiger partial charge in [-0.3, -0.25) is 0 Å². The lowest BCUT2D eigenvalue weighted by Gasteiger charge is -2.02. The van der Waals surface area contributed by atoms with Crippen LogP contribution in [-0.2, 0) is 6.54 Å². The number of benzene rings is 1. The first kappa shape index (κ1) is 10.9. The maximum absolute atomic E-state index is 12.9. The lowest BCUT2D eigenvalue weighted by molar-refractivity contribution is 0.507. The van der Waals surface area contributed by atoms with Gasteiger partial charge in [-0.2, -0.15) is 0 Å². The van der Waals surface area contributed by atoms with Crippen molar-refractivity contribution >= 4 is 16.5 Å². The fourth-order valence-corrected chi connectivity index (χ4v) is 1.78. The summed E-state index contributed by atoms with van der Waals surface area (Å²) < 4.78 is 25.5. The summed E-state index contributed by atoms with van der Waals surface area (Å²) >= 11 is 1.41. The Labute approximate surface area is 95.1 Å². The fraction of sp³-hybridized carbons (Fsp3) is 0.200. The minimum absolute atomic E-state index is 0.395. The Morgan fingerprint density at radius 3 is 2.69 bits per heavy atom. The summed E-state index contributed by atoms with van der Waals surface area (Å²) in [6.07, 6.45) is 0. The smallest absolute Gasteiger partial charge is 0.205 e. The van der Waals surface area contributed by atoms with Crippen LogP contribution < -0.4 is 5.32 Å². The summed E-state index contributed by atoms with van der Waals surface area (Å²) in [4.78, 5) is 0. The van der Waals surface area contributed by atoms with Crippen molar-refractivity contribution in [3.05, 3.63) is 40.4 Å². The molecule has 0 radical (unpaired) electrons. The van der Waals surface area contributed by atoms with E-state index >= 15 is 0 Å². The van der Waals surface area contributed by atoms with E-state index in [2.05, 4.69) is 15.5 Å². The highest BCUT2D eigenvalue weighted by Crippen LogP contribution is 2.15. The van der Waals surface area contributed by atoms with Gasteiger partial charge < -0.3 is 5.32 Å². The Morgan fingerprint density at radius 2 is 2.06 bits per heavy atom. The molecule has 0 amide bonds. The Hall–Kier alpha value is -1.56. The molecule has 2 aromatic rings. The molecule has 2 rings (SSSR count). The number of rotatable bonds is 3. The Kier molecular flexibility index (Phi) is 3.09. The standard InChI is InChI=1S/C10H9F2N3S/c1-6-14-15-10(16-6)13-5-7-2-3-8(11)9(12)4-7/h2-4H,5H2,1H3,(H,13,15). The molecule has 84 valence electrons. The van der Waals surface area contributed by atoms with Gasteiger partial charge in [0, 0.05) is 6.54 Å². The first-order chi connectivity index (χ1) is 7.65. The van der Waals surface area contributed by atoms with Crippen molar-refractivity contribution < 1.29 is 8.78 Å². The Morgan fingerprint density at radius 1 is 1.25 bits per heavy atom. The van der Waals surface area contributed by atoms with Crippen LogP contribution in [0.1, 0.15) is 10.6 Å². The van der Waals surface area contributed by atoms with Crippen LogP contribution in [0.4, 0.5) is 13.9 Å². The van der Waals surface area contributed by atoms with Gasteiger partial charge in [-0.25, -0.2) is 8.78 Å². The topological polar surface area (TPSA) is 37.8 Å². The molecule has 1 aromatic carbocycles. The average molecular weight is 241 g/mol. The third-order valence-corrected chi connectivity index (χ3v) is 2.75. The molecular weight excluding hydrogens is 232 g/mol. The molecule has 0 aliphatic rings. The molecule has 16 heavy (non-hydrogen) atoms. The number of hydrogen-bond acceptors (Lipinski definition) is 4. The van der Waals surface area contributed by atoms with Crippen LogP contribution in [0.5, 0.6) is 0 Å². The van der Waals surface area contributed by atoms with Gasteiger partial charge in [0.15, 0.2) is 11.6 Å². The Bertz CT molecular complexity index is 499. The highest BCUT2D eigenvalue weighted by Gasteiger charge is 2.03. The Balaban J connectivity index is 2.02. The largest absolute Gasteiger partial charge is 0.356 e. The zero-order valence-corrected chi connectivity index (χ0v) is 9.31. The molecule has 0 bridgehead atoms. The summed E-state index contributed by atoms with van der Waals surface area (Å²) in [5, 5.41) is 12.2. The number of nitrogens with zero attached hydrogens (tertiary/aromatic N) is 2. The van der Waals surface area contributed by atoms with E-state index in [0.717, 1.165) is 17.1 Å². The minimum Gasteiger partial charge on any atom is -0.356 e. The second kappa shape index (κ2) is 4.52. The van der Waals surface area contributed by atoms with E-state index in [1.165, 1.54) is 17.4 Å². The number of aromatic nitrogens is 2. The van der Waals surface area contributed by atoms with Gasteiger partial charge in [-0.1, -0.05) is 17.4 Å². The van der Waals surface area contributed by atoms with E-state index in [9.17, 15) is 8.78 Å². The normalized spacial score (nSPS) is 10.4. The van der Waals surface area contributed by atoms with Gasteiger partial charge >= 0.3 is 0 Å². The summed E-state index contributed by atoms with van der Waals surface area (Å²) in [5.74, 6) is -1.68. The van der Waals surface area contributed by atoms with Gasteiger partial charge in [0.05, 0.1) is 0 Å². The minimum atomic E-state index is -0.840. The van der Waals surface area contributed by atoms with Gasteiger partial charge in [0.2, 0.25) is 5.13 Å². The summed E-state index contributed by atoms with van der Waals surface area (Å²) in [7, 11) is 0. The molecule has 0 spiro atoms. The van der Waals surface area contributed by atoms with Gasteiger partial charge in [-0.05, 0) is 24.6 Å². The number of halogens is 2. The number of aryl methyl sites for hydroxylation is 1. The third kappa shape index (κ3) is 2.52. The molecule has 0 saturated heterocycles.